The molecule has 0 saturated carbocycles. The number of hydrogen-bond acceptors (Lipinski definition) is 5. The summed E-state index contributed by atoms with van der Waals surface area (Å²) in [5.41, 5.74) is 0.904. The monoisotopic (exact) mass is 381 g/mol. The lowest BCUT2D eigenvalue weighted by Gasteiger charge is -2.34. The third kappa shape index (κ3) is 5.03. The van der Waals surface area contributed by atoms with Gasteiger partial charge in [-0.05, 0) is 42.3 Å². The van der Waals surface area contributed by atoms with Crippen molar-refractivity contribution in [2.24, 2.45) is 0 Å². The van der Waals surface area contributed by atoms with E-state index in [1.165, 1.54) is 0 Å². The molecule has 148 valence electrons. The molecule has 2 heterocycles. The number of methoxy groups -OCH3 is 1. The van der Waals surface area contributed by atoms with Crippen molar-refractivity contribution >= 4 is 17.8 Å². The average Bonchev–Trinajstić information content (AvgIpc) is 2.77. The van der Waals surface area contributed by atoms with Crippen LogP contribution in [-0.2, 0) is 4.79 Å². The highest BCUT2D eigenvalue weighted by Gasteiger charge is 2.20. The zero-order valence-electron chi connectivity index (χ0n) is 16.5. The Balaban J connectivity index is 1.57. The highest BCUT2D eigenvalue weighted by molar-refractivity contribution is 5.92. The van der Waals surface area contributed by atoms with Gasteiger partial charge in [-0.2, -0.15) is 0 Å². The van der Waals surface area contributed by atoms with Crippen LogP contribution in [0.1, 0.15) is 18.9 Å². The molecule has 6 heteroatoms. The molecule has 1 fully saturated rings. The molecule has 0 atom stereocenters. The smallest absolute Gasteiger partial charge is 0.246 e. The Morgan fingerprint density at radius 1 is 1.14 bits per heavy atom. The minimum atomic E-state index is 0.0194. The van der Waals surface area contributed by atoms with Crippen LogP contribution in [-0.4, -0.2) is 55.7 Å². The zero-order valence-corrected chi connectivity index (χ0v) is 16.5. The van der Waals surface area contributed by atoms with Gasteiger partial charge in [-0.1, -0.05) is 19.1 Å². The first-order valence-corrected chi connectivity index (χ1v) is 9.65. The first-order chi connectivity index (χ1) is 13.7. The van der Waals surface area contributed by atoms with Gasteiger partial charge < -0.3 is 19.3 Å². The normalized spacial score (nSPS) is 14.4. The van der Waals surface area contributed by atoms with E-state index in [2.05, 4.69) is 16.8 Å². The number of hydrogen-bond donors (Lipinski definition) is 0. The van der Waals surface area contributed by atoms with E-state index in [0.717, 1.165) is 36.6 Å². The highest BCUT2D eigenvalue weighted by Crippen LogP contribution is 2.28. The maximum atomic E-state index is 12.5. The fourth-order valence-corrected chi connectivity index (χ4v) is 3.09. The molecule has 1 amide bonds. The van der Waals surface area contributed by atoms with Crippen molar-refractivity contribution in [2.75, 3.05) is 44.8 Å². The van der Waals surface area contributed by atoms with E-state index in [1.807, 2.05) is 47.4 Å². The molecule has 1 aliphatic rings. The summed E-state index contributed by atoms with van der Waals surface area (Å²) < 4.78 is 11.1. The van der Waals surface area contributed by atoms with E-state index >= 15 is 0 Å². The van der Waals surface area contributed by atoms with Gasteiger partial charge in [0.25, 0.3) is 0 Å². The van der Waals surface area contributed by atoms with Crippen LogP contribution in [0.4, 0.5) is 5.82 Å². The summed E-state index contributed by atoms with van der Waals surface area (Å²) in [6, 6.07) is 11.6. The van der Waals surface area contributed by atoms with E-state index in [0.29, 0.717) is 25.4 Å². The van der Waals surface area contributed by atoms with Crippen LogP contribution in [0.15, 0.2) is 48.7 Å². The molecule has 0 aliphatic carbocycles. The van der Waals surface area contributed by atoms with Crippen LogP contribution in [0.25, 0.3) is 6.08 Å². The Morgan fingerprint density at radius 2 is 1.96 bits per heavy atom. The molecular weight excluding hydrogens is 354 g/mol. The first-order valence-electron chi connectivity index (χ1n) is 9.65. The number of amides is 1. The molecule has 0 radical (unpaired) electrons. The zero-order chi connectivity index (χ0) is 19.8. The molecule has 3 rings (SSSR count). The number of ether oxygens (including phenoxy) is 2. The maximum Gasteiger partial charge on any atom is 0.246 e. The number of carbonyl (C=O) groups excluding carboxylic acids is 1. The van der Waals surface area contributed by atoms with Crippen molar-refractivity contribution in [3.8, 4) is 11.5 Å². The van der Waals surface area contributed by atoms with Crippen LogP contribution in [0.3, 0.4) is 0 Å². The Bertz CT molecular complexity index is 800. The third-order valence-electron chi connectivity index (χ3n) is 4.63. The Kier molecular flexibility index (Phi) is 6.89. The minimum Gasteiger partial charge on any atom is -0.493 e. The van der Waals surface area contributed by atoms with E-state index < -0.39 is 0 Å². The molecule has 1 aliphatic heterocycles. The van der Waals surface area contributed by atoms with Gasteiger partial charge in [0.05, 0.1) is 13.7 Å². The quantitative estimate of drug-likeness (QED) is 0.689. The Morgan fingerprint density at radius 3 is 2.64 bits per heavy atom. The summed E-state index contributed by atoms with van der Waals surface area (Å²) in [6.45, 7) is 5.65. The number of aromatic nitrogens is 1. The molecule has 1 saturated heterocycles. The molecular formula is C22H27N3O3. The largest absolute Gasteiger partial charge is 0.493 e. The number of rotatable bonds is 7. The molecule has 0 spiro atoms. The third-order valence-corrected chi connectivity index (χ3v) is 4.63. The van der Waals surface area contributed by atoms with Gasteiger partial charge in [0.1, 0.15) is 5.82 Å². The van der Waals surface area contributed by atoms with Crippen molar-refractivity contribution in [3.05, 3.63) is 54.2 Å². The second kappa shape index (κ2) is 9.78. The van der Waals surface area contributed by atoms with Gasteiger partial charge in [-0.25, -0.2) is 4.98 Å². The second-order valence-corrected chi connectivity index (χ2v) is 6.59. The van der Waals surface area contributed by atoms with Gasteiger partial charge in [0, 0.05) is 38.5 Å². The summed E-state index contributed by atoms with van der Waals surface area (Å²) in [5, 5.41) is 0. The molecule has 1 aromatic carbocycles. The summed E-state index contributed by atoms with van der Waals surface area (Å²) in [7, 11) is 1.62. The van der Waals surface area contributed by atoms with Gasteiger partial charge in [-0.3, -0.25) is 4.79 Å². The molecule has 2 aromatic rings. The highest BCUT2D eigenvalue weighted by atomic mass is 16.5. The molecule has 6 nitrogen and oxygen atoms in total. The number of carbonyl (C=O) groups is 1. The average molecular weight is 381 g/mol. The summed E-state index contributed by atoms with van der Waals surface area (Å²) in [5.74, 6) is 2.37. The second-order valence-electron chi connectivity index (χ2n) is 6.59. The van der Waals surface area contributed by atoms with Crippen molar-refractivity contribution in [3.63, 3.8) is 0 Å². The number of benzene rings is 1. The lowest BCUT2D eigenvalue weighted by atomic mass is 10.2. The predicted octanol–water partition coefficient (Wildman–Crippen LogP) is 3.24. The Hall–Kier alpha value is -3.02. The van der Waals surface area contributed by atoms with Gasteiger partial charge >= 0.3 is 0 Å². The summed E-state index contributed by atoms with van der Waals surface area (Å²) >= 11 is 0. The standard InChI is InChI=1S/C22H27N3O3/c1-3-16-28-19-9-7-18(17-20(19)27-2)8-10-22(26)25-14-12-24(13-15-25)21-6-4-5-11-23-21/h4-11,17H,3,12-16H2,1-2H3/b10-8+. The summed E-state index contributed by atoms with van der Waals surface area (Å²) in [6.07, 6.45) is 6.17. The van der Waals surface area contributed by atoms with Crippen LogP contribution >= 0.6 is 0 Å². The number of piperazine rings is 1. The Labute approximate surface area is 166 Å². The molecule has 0 N–H and O–H groups in total. The van der Waals surface area contributed by atoms with Crippen LogP contribution < -0.4 is 14.4 Å². The molecule has 0 unspecified atom stereocenters. The predicted molar refractivity (Wildman–Crippen MR) is 111 cm³/mol. The number of anilines is 1. The fourth-order valence-electron chi connectivity index (χ4n) is 3.09. The van der Waals surface area contributed by atoms with E-state index in [9.17, 15) is 4.79 Å². The topological polar surface area (TPSA) is 54.9 Å². The lowest BCUT2D eigenvalue weighted by Crippen LogP contribution is -2.48. The van der Waals surface area contributed by atoms with E-state index in [1.54, 1.807) is 19.4 Å². The first kappa shape index (κ1) is 19.7. The van der Waals surface area contributed by atoms with Crippen molar-refractivity contribution < 1.29 is 14.3 Å². The SMILES string of the molecule is CCCOc1ccc(/C=C/C(=O)N2CCN(c3ccccn3)CC2)cc1OC. The van der Waals surface area contributed by atoms with Crippen molar-refractivity contribution in [1.82, 2.24) is 9.88 Å². The van der Waals surface area contributed by atoms with E-state index in [-0.39, 0.29) is 5.91 Å². The number of pyridine rings is 1. The fraction of sp³-hybridized carbons (Fsp3) is 0.364. The van der Waals surface area contributed by atoms with Gasteiger partial charge in [0.15, 0.2) is 11.5 Å². The minimum absolute atomic E-state index is 0.0194. The molecule has 0 bridgehead atoms. The van der Waals surface area contributed by atoms with E-state index in [4.69, 9.17) is 9.47 Å². The molecule has 28 heavy (non-hydrogen) atoms. The van der Waals surface area contributed by atoms with Crippen molar-refractivity contribution in [2.45, 2.75) is 13.3 Å². The number of nitrogens with zero attached hydrogens (tertiary/aromatic N) is 3. The maximum absolute atomic E-state index is 12.5. The summed E-state index contributed by atoms with van der Waals surface area (Å²) in [4.78, 5) is 21.0. The van der Waals surface area contributed by atoms with Crippen molar-refractivity contribution in [1.29, 1.82) is 0 Å². The molecule has 1 aromatic heterocycles. The van der Waals surface area contributed by atoms with Crippen LogP contribution in [0.2, 0.25) is 0 Å². The van der Waals surface area contributed by atoms with Gasteiger partial charge in [0.2, 0.25) is 5.91 Å². The van der Waals surface area contributed by atoms with Crippen LogP contribution in [0.5, 0.6) is 11.5 Å². The lowest BCUT2D eigenvalue weighted by molar-refractivity contribution is -0.126. The van der Waals surface area contributed by atoms with Gasteiger partial charge in [-0.15, -0.1) is 0 Å². The van der Waals surface area contributed by atoms with Crippen LogP contribution in [0, 0.1) is 0 Å².